The van der Waals surface area contributed by atoms with E-state index in [0.717, 1.165) is 5.56 Å². The van der Waals surface area contributed by atoms with Gasteiger partial charge in [0.1, 0.15) is 6.61 Å². The molecule has 1 aromatic carbocycles. The van der Waals surface area contributed by atoms with Crippen LogP contribution in [0.1, 0.15) is 0 Å². The van der Waals surface area contributed by atoms with E-state index in [1.165, 1.54) is 0 Å². The molecule has 15 heavy (non-hydrogen) atoms. The Hall–Kier alpha value is -2.11. The van der Waals surface area contributed by atoms with E-state index in [1.807, 2.05) is 12.1 Å². The van der Waals surface area contributed by atoms with Crippen molar-refractivity contribution in [2.75, 3.05) is 12.3 Å². The van der Waals surface area contributed by atoms with Gasteiger partial charge in [-0.25, -0.2) is 4.68 Å². The number of para-hydroxylation sites is 1. The smallest absolute Gasteiger partial charge is 0.185 e. The fourth-order valence-electron chi connectivity index (χ4n) is 1.67. The van der Waals surface area contributed by atoms with Crippen molar-refractivity contribution >= 4 is 5.69 Å². The van der Waals surface area contributed by atoms with Gasteiger partial charge in [-0.05, 0) is 22.6 Å². The summed E-state index contributed by atoms with van der Waals surface area (Å²) in [6.07, 6.45) is 0. The van der Waals surface area contributed by atoms with E-state index >= 15 is 0 Å². The normalized spacial score (nSPS) is 13.6. The molecule has 76 valence electrons. The number of fused-ring (bicyclic) bond motifs is 3. The second-order valence-electron chi connectivity index (χ2n) is 3.30. The van der Waals surface area contributed by atoms with Gasteiger partial charge in [0.05, 0.1) is 17.8 Å². The Morgan fingerprint density at radius 2 is 2.33 bits per heavy atom. The third kappa shape index (κ3) is 1.14. The Morgan fingerprint density at radius 3 is 3.27 bits per heavy atom. The Kier molecular flexibility index (Phi) is 1.61. The van der Waals surface area contributed by atoms with Gasteiger partial charge in [0.25, 0.3) is 0 Å². The highest BCUT2D eigenvalue weighted by atomic mass is 16.5. The standard InChI is InChI=1S/C9H9N5O/c10-7-3-1-2-6-8(7)15-5-4-14-9(6)11-12-13-14/h1-3H,4-5,10H2. The van der Waals surface area contributed by atoms with Crippen LogP contribution in [0.2, 0.25) is 0 Å². The predicted octanol–water partition coefficient (Wildman–Crippen LogP) is 0.315. The minimum Gasteiger partial charge on any atom is -0.489 e. The lowest BCUT2D eigenvalue weighted by molar-refractivity contribution is 0.300. The van der Waals surface area contributed by atoms with Crippen LogP contribution < -0.4 is 10.5 Å². The van der Waals surface area contributed by atoms with Gasteiger partial charge in [-0.3, -0.25) is 0 Å². The molecule has 0 saturated heterocycles. The van der Waals surface area contributed by atoms with Crippen LogP contribution >= 0.6 is 0 Å². The average Bonchev–Trinajstić information content (AvgIpc) is 2.62. The molecule has 0 unspecified atom stereocenters. The fraction of sp³-hybridized carbons (Fsp3) is 0.222. The van der Waals surface area contributed by atoms with Gasteiger partial charge in [0.2, 0.25) is 0 Å². The Morgan fingerprint density at radius 1 is 1.40 bits per heavy atom. The van der Waals surface area contributed by atoms with Crippen LogP contribution in [0, 0.1) is 0 Å². The molecule has 1 aliphatic rings. The second kappa shape index (κ2) is 2.94. The summed E-state index contributed by atoms with van der Waals surface area (Å²) in [5, 5.41) is 11.5. The number of nitrogens with zero attached hydrogens (tertiary/aromatic N) is 4. The fourth-order valence-corrected chi connectivity index (χ4v) is 1.67. The van der Waals surface area contributed by atoms with Gasteiger partial charge >= 0.3 is 0 Å². The minimum absolute atomic E-state index is 0.527. The number of tetrazole rings is 1. The summed E-state index contributed by atoms with van der Waals surface area (Å²) in [5.41, 5.74) is 7.29. The van der Waals surface area contributed by atoms with Crippen LogP contribution in [0.25, 0.3) is 11.4 Å². The zero-order valence-electron chi connectivity index (χ0n) is 7.92. The third-order valence-electron chi connectivity index (χ3n) is 2.37. The molecule has 3 rings (SSSR count). The summed E-state index contributed by atoms with van der Waals surface area (Å²) in [5.74, 6) is 1.38. The third-order valence-corrected chi connectivity index (χ3v) is 2.37. The molecule has 1 aliphatic heterocycles. The van der Waals surface area contributed by atoms with Crippen LogP contribution in [0.3, 0.4) is 0 Å². The predicted molar refractivity (Wildman–Crippen MR) is 53.2 cm³/mol. The van der Waals surface area contributed by atoms with Gasteiger partial charge in [-0.2, -0.15) is 0 Å². The minimum atomic E-state index is 0.527. The lowest BCUT2D eigenvalue weighted by Crippen LogP contribution is -2.07. The maximum atomic E-state index is 5.83. The molecule has 6 heteroatoms. The summed E-state index contributed by atoms with van der Waals surface area (Å²) >= 11 is 0. The molecule has 0 amide bonds. The SMILES string of the molecule is Nc1cccc2c1OCCn1nnnc1-2. The van der Waals surface area contributed by atoms with Crippen LogP contribution in [0.5, 0.6) is 5.75 Å². The molecule has 2 aromatic rings. The second-order valence-corrected chi connectivity index (χ2v) is 3.30. The highest BCUT2D eigenvalue weighted by molar-refractivity contribution is 5.73. The summed E-state index contributed by atoms with van der Waals surface area (Å²) in [4.78, 5) is 0. The summed E-state index contributed by atoms with van der Waals surface area (Å²) < 4.78 is 7.28. The van der Waals surface area contributed by atoms with E-state index in [4.69, 9.17) is 10.5 Å². The van der Waals surface area contributed by atoms with E-state index in [-0.39, 0.29) is 0 Å². The van der Waals surface area contributed by atoms with Crippen LogP contribution in [-0.2, 0) is 6.54 Å². The molecule has 0 spiro atoms. The van der Waals surface area contributed by atoms with Gasteiger partial charge < -0.3 is 10.5 Å². The number of anilines is 1. The lowest BCUT2D eigenvalue weighted by atomic mass is 10.1. The van der Waals surface area contributed by atoms with E-state index in [9.17, 15) is 0 Å². The molecule has 0 fully saturated rings. The van der Waals surface area contributed by atoms with E-state index in [1.54, 1.807) is 10.7 Å². The first kappa shape index (κ1) is 8.22. The van der Waals surface area contributed by atoms with E-state index < -0.39 is 0 Å². The maximum absolute atomic E-state index is 5.83. The molecule has 0 atom stereocenters. The summed E-state index contributed by atoms with van der Waals surface area (Å²) in [6.45, 7) is 1.16. The average molecular weight is 203 g/mol. The molecule has 2 N–H and O–H groups in total. The van der Waals surface area contributed by atoms with Crippen molar-refractivity contribution in [2.45, 2.75) is 6.54 Å². The molecule has 0 saturated carbocycles. The molecule has 2 heterocycles. The molecule has 0 aliphatic carbocycles. The Balaban J connectivity index is 2.29. The van der Waals surface area contributed by atoms with Gasteiger partial charge in [0, 0.05) is 0 Å². The number of nitrogens with two attached hydrogens (primary N) is 1. The number of rotatable bonds is 0. The van der Waals surface area contributed by atoms with Crippen LogP contribution in [-0.4, -0.2) is 26.8 Å². The van der Waals surface area contributed by atoms with Gasteiger partial charge in [-0.15, -0.1) is 5.10 Å². The van der Waals surface area contributed by atoms with Crippen molar-refractivity contribution in [3.05, 3.63) is 18.2 Å². The molecule has 6 nitrogen and oxygen atoms in total. The quantitative estimate of drug-likeness (QED) is 0.623. The van der Waals surface area contributed by atoms with Crippen molar-refractivity contribution in [1.29, 1.82) is 0 Å². The summed E-state index contributed by atoms with van der Waals surface area (Å²) in [6, 6.07) is 5.57. The monoisotopic (exact) mass is 203 g/mol. The highest BCUT2D eigenvalue weighted by Gasteiger charge is 2.19. The molecule has 0 bridgehead atoms. The number of benzene rings is 1. The van der Waals surface area contributed by atoms with Crippen molar-refractivity contribution in [3.63, 3.8) is 0 Å². The lowest BCUT2D eigenvalue weighted by Gasteiger charge is -2.07. The Bertz CT molecular complexity index is 507. The molecule has 1 aromatic heterocycles. The number of aromatic nitrogens is 4. The van der Waals surface area contributed by atoms with E-state index in [0.29, 0.717) is 30.4 Å². The molecular weight excluding hydrogens is 194 g/mol. The first-order chi connectivity index (χ1) is 7.36. The largest absolute Gasteiger partial charge is 0.489 e. The maximum Gasteiger partial charge on any atom is 0.185 e. The van der Waals surface area contributed by atoms with Crippen molar-refractivity contribution in [2.24, 2.45) is 0 Å². The van der Waals surface area contributed by atoms with E-state index in [2.05, 4.69) is 15.5 Å². The zero-order valence-corrected chi connectivity index (χ0v) is 7.92. The molecule has 0 radical (unpaired) electrons. The first-order valence-electron chi connectivity index (χ1n) is 4.64. The van der Waals surface area contributed by atoms with Crippen molar-refractivity contribution in [3.8, 4) is 17.1 Å². The molecular formula is C9H9N5O. The van der Waals surface area contributed by atoms with Crippen LogP contribution in [0.15, 0.2) is 18.2 Å². The number of hydrogen-bond acceptors (Lipinski definition) is 5. The first-order valence-corrected chi connectivity index (χ1v) is 4.64. The number of nitrogen functional groups attached to an aromatic ring is 1. The van der Waals surface area contributed by atoms with Crippen molar-refractivity contribution in [1.82, 2.24) is 20.2 Å². The highest BCUT2D eigenvalue weighted by Crippen LogP contribution is 2.34. The van der Waals surface area contributed by atoms with Gasteiger partial charge in [-0.1, -0.05) is 6.07 Å². The zero-order chi connectivity index (χ0) is 10.3. The number of ether oxygens (including phenoxy) is 1. The van der Waals surface area contributed by atoms with Crippen molar-refractivity contribution < 1.29 is 4.74 Å². The van der Waals surface area contributed by atoms with Gasteiger partial charge in [0.15, 0.2) is 11.6 Å². The van der Waals surface area contributed by atoms with Crippen LogP contribution in [0.4, 0.5) is 5.69 Å². The topological polar surface area (TPSA) is 78.9 Å². The Labute approximate surface area is 85.6 Å². The summed E-state index contributed by atoms with van der Waals surface area (Å²) in [7, 11) is 0. The number of hydrogen-bond donors (Lipinski definition) is 1.